The monoisotopic (exact) mass is 466 g/mol. The molecule has 32 heavy (non-hydrogen) atoms. The van der Waals surface area contributed by atoms with Crippen LogP contribution in [-0.4, -0.2) is 27.4 Å². The Morgan fingerprint density at radius 3 is 2.62 bits per heavy atom. The van der Waals surface area contributed by atoms with Crippen molar-refractivity contribution in [1.82, 2.24) is 10.1 Å². The van der Waals surface area contributed by atoms with Gasteiger partial charge < -0.3 is 9.63 Å². The number of aryl methyl sites for hydroxylation is 1. The number of hydrogen-bond donors (Lipinski definition) is 1. The summed E-state index contributed by atoms with van der Waals surface area (Å²) in [7, 11) is 0. The SMILES string of the molecule is Cc1cscc1C1=CCC(C)(c2nc(C3=CC(F)=C(C(=O)O)CC3)no2)C=C1C(F)(F)F. The fourth-order valence-corrected chi connectivity index (χ4v) is 4.67. The van der Waals surface area contributed by atoms with E-state index < -0.39 is 29.0 Å². The minimum Gasteiger partial charge on any atom is -0.478 e. The number of thiophene rings is 1. The Balaban J connectivity index is 1.70. The molecule has 0 bridgehead atoms. The Morgan fingerprint density at radius 1 is 1.28 bits per heavy atom. The van der Waals surface area contributed by atoms with E-state index in [1.165, 1.54) is 17.4 Å². The highest BCUT2D eigenvalue weighted by Gasteiger charge is 2.44. The van der Waals surface area contributed by atoms with Crippen molar-refractivity contribution in [2.24, 2.45) is 0 Å². The second-order valence-electron chi connectivity index (χ2n) is 7.99. The van der Waals surface area contributed by atoms with Crippen LogP contribution in [-0.2, 0) is 10.2 Å². The summed E-state index contributed by atoms with van der Waals surface area (Å²) in [6.45, 7) is 3.34. The molecule has 5 nitrogen and oxygen atoms in total. The normalized spacial score (nSPS) is 21.9. The molecule has 2 aliphatic rings. The minimum atomic E-state index is -4.59. The zero-order valence-electron chi connectivity index (χ0n) is 17.1. The molecule has 1 unspecified atom stereocenters. The number of hydrogen-bond acceptors (Lipinski definition) is 5. The summed E-state index contributed by atoms with van der Waals surface area (Å²) in [5.74, 6) is -2.23. The highest BCUT2D eigenvalue weighted by Crippen LogP contribution is 2.46. The zero-order valence-corrected chi connectivity index (χ0v) is 17.9. The molecular weight excluding hydrogens is 448 g/mol. The Bertz CT molecular complexity index is 1220. The van der Waals surface area contributed by atoms with Crippen molar-refractivity contribution in [3.8, 4) is 0 Å². The largest absolute Gasteiger partial charge is 0.478 e. The smallest absolute Gasteiger partial charge is 0.416 e. The van der Waals surface area contributed by atoms with Gasteiger partial charge in [-0.15, -0.1) is 0 Å². The number of carboxylic acid groups (broad SMARTS) is 1. The molecule has 1 N–H and O–H groups in total. The maximum atomic E-state index is 14.1. The third kappa shape index (κ3) is 3.94. The summed E-state index contributed by atoms with van der Waals surface area (Å²) in [6, 6.07) is 0. The van der Waals surface area contributed by atoms with Crippen molar-refractivity contribution in [2.75, 3.05) is 0 Å². The quantitative estimate of drug-likeness (QED) is 0.547. The van der Waals surface area contributed by atoms with Crippen LogP contribution >= 0.6 is 11.3 Å². The fraction of sp³-hybridized carbons (Fsp3) is 0.318. The van der Waals surface area contributed by atoms with E-state index in [9.17, 15) is 22.4 Å². The van der Waals surface area contributed by atoms with Gasteiger partial charge in [0.05, 0.1) is 16.6 Å². The van der Waals surface area contributed by atoms with Gasteiger partial charge in [-0.2, -0.15) is 29.5 Å². The molecule has 0 aromatic carbocycles. The molecule has 0 radical (unpaired) electrons. The molecule has 4 rings (SSSR count). The molecule has 0 aliphatic heterocycles. The van der Waals surface area contributed by atoms with Crippen LogP contribution in [0.1, 0.15) is 49.0 Å². The van der Waals surface area contributed by atoms with Crippen molar-refractivity contribution < 1.29 is 32.0 Å². The van der Waals surface area contributed by atoms with Crippen LogP contribution in [0, 0.1) is 6.92 Å². The van der Waals surface area contributed by atoms with E-state index in [0.717, 1.165) is 17.7 Å². The van der Waals surface area contributed by atoms with E-state index in [4.69, 9.17) is 9.63 Å². The molecule has 2 aromatic heterocycles. The first-order valence-corrected chi connectivity index (χ1v) is 10.6. The number of carboxylic acids is 1. The number of halogens is 4. The number of aliphatic carboxylic acids is 1. The standard InChI is InChI=1S/C22H18F4N2O3S/c1-11-9-32-10-15(11)13-5-6-21(2,8-16(13)22(24,25)26)20-27-18(28-31-20)12-3-4-14(19(29)30)17(23)7-12/h5,7-10H,3-4,6H2,1-2H3,(H,29,30). The van der Waals surface area contributed by atoms with Gasteiger partial charge in [-0.3, -0.25) is 0 Å². The Morgan fingerprint density at radius 2 is 2.03 bits per heavy atom. The van der Waals surface area contributed by atoms with Crippen molar-refractivity contribution >= 4 is 28.5 Å². The van der Waals surface area contributed by atoms with E-state index in [2.05, 4.69) is 10.1 Å². The highest BCUT2D eigenvalue weighted by molar-refractivity contribution is 7.08. The lowest BCUT2D eigenvalue weighted by Crippen LogP contribution is -2.27. The van der Waals surface area contributed by atoms with Crippen molar-refractivity contribution in [2.45, 2.75) is 44.7 Å². The van der Waals surface area contributed by atoms with Gasteiger partial charge in [0.15, 0.2) is 5.82 Å². The van der Waals surface area contributed by atoms with Crippen LogP contribution < -0.4 is 0 Å². The van der Waals surface area contributed by atoms with Gasteiger partial charge in [-0.25, -0.2) is 9.18 Å². The lowest BCUT2D eigenvalue weighted by atomic mass is 9.76. The van der Waals surface area contributed by atoms with Crippen LogP contribution in [0.15, 0.2) is 50.5 Å². The number of alkyl halides is 3. The average molecular weight is 466 g/mol. The van der Waals surface area contributed by atoms with Crippen LogP contribution in [0.5, 0.6) is 0 Å². The molecule has 0 fully saturated rings. The van der Waals surface area contributed by atoms with E-state index in [1.807, 2.05) is 0 Å². The zero-order chi connectivity index (χ0) is 23.3. The summed E-state index contributed by atoms with van der Waals surface area (Å²) < 4.78 is 61.2. The number of rotatable bonds is 4. The maximum Gasteiger partial charge on any atom is 0.416 e. The Hall–Kier alpha value is -3.01. The Kier molecular flexibility index (Phi) is 5.44. The van der Waals surface area contributed by atoms with Crippen molar-refractivity contribution in [3.63, 3.8) is 0 Å². The first-order chi connectivity index (χ1) is 15.0. The van der Waals surface area contributed by atoms with Crippen LogP contribution in [0.3, 0.4) is 0 Å². The summed E-state index contributed by atoms with van der Waals surface area (Å²) in [5.41, 5.74) is -0.570. The van der Waals surface area contributed by atoms with Gasteiger partial charge in [-0.05, 0) is 66.6 Å². The molecule has 0 amide bonds. The summed E-state index contributed by atoms with van der Waals surface area (Å²) in [4.78, 5) is 15.3. The Labute approximate surface area is 184 Å². The second kappa shape index (κ2) is 7.84. The van der Waals surface area contributed by atoms with Gasteiger partial charge in [0.1, 0.15) is 5.83 Å². The average Bonchev–Trinajstić information content (AvgIpc) is 3.37. The number of aromatic nitrogens is 2. The molecule has 0 spiro atoms. The van der Waals surface area contributed by atoms with Crippen LogP contribution in [0.4, 0.5) is 17.6 Å². The predicted molar refractivity (Wildman–Crippen MR) is 110 cm³/mol. The fourth-order valence-electron chi connectivity index (χ4n) is 3.82. The van der Waals surface area contributed by atoms with Crippen LogP contribution in [0.25, 0.3) is 11.1 Å². The molecule has 1 atom stereocenters. The number of carbonyl (C=O) groups is 1. The lowest BCUT2D eigenvalue weighted by Gasteiger charge is -2.29. The van der Waals surface area contributed by atoms with E-state index in [1.54, 1.807) is 24.6 Å². The highest BCUT2D eigenvalue weighted by atomic mass is 32.1. The topological polar surface area (TPSA) is 76.2 Å². The molecule has 0 saturated carbocycles. The first kappa shape index (κ1) is 22.2. The van der Waals surface area contributed by atoms with E-state index in [-0.39, 0.29) is 42.1 Å². The predicted octanol–water partition coefficient (Wildman–Crippen LogP) is 6.16. The molecule has 2 aromatic rings. The van der Waals surface area contributed by atoms with Crippen LogP contribution in [0.2, 0.25) is 0 Å². The third-order valence-electron chi connectivity index (χ3n) is 5.63. The molecular formula is C22H18F4N2O3S. The summed E-state index contributed by atoms with van der Waals surface area (Å²) in [6.07, 6.45) is -0.585. The number of nitrogens with zero attached hydrogens (tertiary/aromatic N) is 2. The second-order valence-corrected chi connectivity index (χ2v) is 8.73. The molecule has 0 saturated heterocycles. The molecule has 2 heterocycles. The minimum absolute atomic E-state index is 0.0269. The van der Waals surface area contributed by atoms with Crippen molar-refractivity contribution in [1.29, 1.82) is 0 Å². The van der Waals surface area contributed by atoms with Gasteiger partial charge in [0.2, 0.25) is 5.89 Å². The van der Waals surface area contributed by atoms with E-state index >= 15 is 0 Å². The molecule has 168 valence electrons. The summed E-state index contributed by atoms with van der Waals surface area (Å²) in [5, 5.41) is 16.3. The van der Waals surface area contributed by atoms with Gasteiger partial charge >= 0.3 is 12.1 Å². The van der Waals surface area contributed by atoms with Gasteiger partial charge in [0.25, 0.3) is 0 Å². The lowest BCUT2D eigenvalue weighted by molar-refractivity contribution is -0.133. The third-order valence-corrected chi connectivity index (χ3v) is 6.49. The van der Waals surface area contributed by atoms with Gasteiger partial charge in [-0.1, -0.05) is 17.3 Å². The van der Waals surface area contributed by atoms with E-state index in [0.29, 0.717) is 11.1 Å². The van der Waals surface area contributed by atoms with Gasteiger partial charge in [0, 0.05) is 5.57 Å². The first-order valence-electron chi connectivity index (χ1n) is 9.70. The van der Waals surface area contributed by atoms with Crippen molar-refractivity contribution in [3.05, 3.63) is 68.8 Å². The summed E-state index contributed by atoms with van der Waals surface area (Å²) >= 11 is 1.34. The maximum absolute atomic E-state index is 14.1. The number of allylic oxidation sites excluding steroid dienone is 7. The molecule has 2 aliphatic carbocycles. The molecule has 10 heteroatoms.